The molecule has 2 aliphatic rings. The minimum atomic E-state index is -4.65. The van der Waals surface area contributed by atoms with Gasteiger partial charge in [-0.2, -0.15) is 18.3 Å². The first-order valence-corrected chi connectivity index (χ1v) is 11.5. The van der Waals surface area contributed by atoms with Gasteiger partial charge in [-0.05, 0) is 55.9 Å². The highest BCUT2D eigenvalue weighted by atomic mass is 19.4. The van der Waals surface area contributed by atoms with Crippen LogP contribution in [0.15, 0.2) is 12.1 Å². The number of alkyl halides is 3. The lowest BCUT2D eigenvalue weighted by Crippen LogP contribution is -2.30. The first-order chi connectivity index (χ1) is 15.8. The molecule has 0 aliphatic heterocycles. The molecule has 186 valence electrons. The third kappa shape index (κ3) is 4.64. The van der Waals surface area contributed by atoms with Crippen LogP contribution in [0.5, 0.6) is 0 Å². The van der Waals surface area contributed by atoms with E-state index in [2.05, 4.69) is 10.4 Å². The number of fused-ring (bicyclic) bond motifs is 1. The lowest BCUT2D eigenvalue weighted by atomic mass is 9.71. The van der Waals surface area contributed by atoms with Crippen LogP contribution < -0.4 is 11.1 Å². The fraction of sp³-hybridized carbons (Fsp3) is 0.583. The number of aromatic nitrogens is 2. The molecule has 1 unspecified atom stereocenters. The Morgan fingerprint density at radius 2 is 1.88 bits per heavy atom. The highest BCUT2D eigenvalue weighted by Gasteiger charge is 2.44. The third-order valence-corrected chi connectivity index (χ3v) is 6.91. The second kappa shape index (κ2) is 8.55. The van der Waals surface area contributed by atoms with Gasteiger partial charge < -0.3 is 16.2 Å². The van der Waals surface area contributed by atoms with Crippen molar-refractivity contribution in [3.05, 3.63) is 40.5 Å². The molecule has 0 bridgehead atoms. The van der Waals surface area contributed by atoms with Crippen LogP contribution in [0.25, 0.3) is 5.69 Å². The summed E-state index contributed by atoms with van der Waals surface area (Å²) in [6.07, 6.45) is -1.82. The van der Waals surface area contributed by atoms with Crippen LogP contribution in [0, 0.1) is 11.2 Å². The number of primary amides is 1. The number of rotatable bonds is 4. The summed E-state index contributed by atoms with van der Waals surface area (Å²) in [6, 6.07) is 2.32. The number of halogens is 4. The van der Waals surface area contributed by atoms with Crippen LogP contribution >= 0.6 is 0 Å². The smallest absolute Gasteiger partial charge is 0.393 e. The van der Waals surface area contributed by atoms with Gasteiger partial charge >= 0.3 is 6.18 Å². The fourth-order valence-corrected chi connectivity index (χ4v) is 5.55. The van der Waals surface area contributed by atoms with E-state index >= 15 is 4.39 Å². The Kier molecular flexibility index (Phi) is 6.16. The predicted molar refractivity (Wildman–Crippen MR) is 119 cm³/mol. The van der Waals surface area contributed by atoms with Gasteiger partial charge in [0.2, 0.25) is 0 Å². The number of carbonyl (C=O) groups excluding carboxylic acids is 1. The summed E-state index contributed by atoms with van der Waals surface area (Å²) in [7, 11) is 0. The average molecular weight is 483 g/mol. The number of benzene rings is 1. The van der Waals surface area contributed by atoms with Gasteiger partial charge in [-0.1, -0.05) is 20.8 Å². The minimum Gasteiger partial charge on any atom is -0.393 e. The van der Waals surface area contributed by atoms with E-state index in [1.165, 1.54) is 10.7 Å². The SMILES string of the molecule is CC1CC(C)(C)Cc2c1c(C(F)(F)F)nn2-c1cc(F)c(C(N)=O)c(N[C@H]2CC[C@H](O)CC2)c1. The summed E-state index contributed by atoms with van der Waals surface area (Å²) in [5.74, 6) is -2.27. The van der Waals surface area contributed by atoms with Crippen LogP contribution in [-0.2, 0) is 12.6 Å². The predicted octanol–water partition coefficient (Wildman–Crippen LogP) is 4.92. The molecule has 1 fully saturated rings. The van der Waals surface area contributed by atoms with Crippen molar-refractivity contribution in [1.29, 1.82) is 0 Å². The van der Waals surface area contributed by atoms with Gasteiger partial charge in [-0.25, -0.2) is 9.07 Å². The monoisotopic (exact) mass is 482 g/mol. The zero-order valence-electron chi connectivity index (χ0n) is 19.5. The van der Waals surface area contributed by atoms with E-state index in [9.17, 15) is 23.1 Å². The first-order valence-electron chi connectivity index (χ1n) is 11.5. The molecule has 1 amide bonds. The zero-order valence-corrected chi connectivity index (χ0v) is 19.5. The van der Waals surface area contributed by atoms with E-state index in [-0.39, 0.29) is 39.9 Å². The number of hydrogen-bond acceptors (Lipinski definition) is 4. The molecule has 1 atom stereocenters. The number of nitrogens with zero attached hydrogens (tertiary/aromatic N) is 2. The fourth-order valence-electron chi connectivity index (χ4n) is 5.55. The van der Waals surface area contributed by atoms with Gasteiger partial charge in [0.05, 0.1) is 23.0 Å². The molecule has 0 saturated heterocycles. The zero-order chi connectivity index (χ0) is 25.0. The van der Waals surface area contributed by atoms with Crippen molar-refractivity contribution in [2.24, 2.45) is 11.1 Å². The second-order valence-electron chi connectivity index (χ2n) is 10.4. The van der Waals surface area contributed by atoms with Crippen LogP contribution in [0.3, 0.4) is 0 Å². The molecule has 0 radical (unpaired) electrons. The average Bonchev–Trinajstić information content (AvgIpc) is 3.08. The van der Waals surface area contributed by atoms with Crippen molar-refractivity contribution in [1.82, 2.24) is 9.78 Å². The molecular formula is C24H30F4N4O2. The number of nitrogens with one attached hydrogen (secondary N) is 1. The number of aliphatic hydroxyl groups is 1. The molecule has 0 spiro atoms. The highest BCUT2D eigenvalue weighted by Crippen LogP contribution is 2.47. The maximum atomic E-state index is 15.1. The quantitative estimate of drug-likeness (QED) is 0.540. The molecular weight excluding hydrogens is 452 g/mol. The summed E-state index contributed by atoms with van der Waals surface area (Å²) in [6.45, 7) is 5.72. The molecule has 10 heteroatoms. The van der Waals surface area contributed by atoms with Crippen LogP contribution in [0.4, 0.5) is 23.2 Å². The summed E-state index contributed by atoms with van der Waals surface area (Å²) >= 11 is 0. The van der Waals surface area contributed by atoms with Gasteiger partial charge in [0, 0.05) is 23.4 Å². The largest absolute Gasteiger partial charge is 0.435 e. The Balaban J connectivity index is 1.85. The Morgan fingerprint density at radius 3 is 2.47 bits per heavy atom. The van der Waals surface area contributed by atoms with Gasteiger partial charge in [0.1, 0.15) is 5.82 Å². The molecule has 1 saturated carbocycles. The summed E-state index contributed by atoms with van der Waals surface area (Å²) < 4.78 is 58.0. The van der Waals surface area contributed by atoms with E-state index in [1.54, 1.807) is 6.92 Å². The Bertz CT molecular complexity index is 1100. The van der Waals surface area contributed by atoms with E-state index < -0.39 is 29.7 Å². The topological polar surface area (TPSA) is 93.2 Å². The van der Waals surface area contributed by atoms with E-state index in [4.69, 9.17) is 5.73 Å². The molecule has 4 rings (SSSR count). The summed E-state index contributed by atoms with van der Waals surface area (Å²) in [5, 5.41) is 16.8. The Labute approximate surface area is 195 Å². The van der Waals surface area contributed by atoms with Gasteiger partial charge in [-0.15, -0.1) is 0 Å². The van der Waals surface area contributed by atoms with E-state index in [0.29, 0.717) is 44.2 Å². The molecule has 1 aromatic heterocycles. The molecule has 1 aromatic carbocycles. The number of hydrogen-bond donors (Lipinski definition) is 3. The van der Waals surface area contributed by atoms with Crippen molar-refractivity contribution < 1.29 is 27.5 Å². The van der Waals surface area contributed by atoms with Crippen LogP contribution in [0.1, 0.15) is 86.1 Å². The molecule has 4 N–H and O–H groups in total. The van der Waals surface area contributed by atoms with Crippen molar-refractivity contribution in [3.8, 4) is 5.69 Å². The maximum Gasteiger partial charge on any atom is 0.435 e. The van der Waals surface area contributed by atoms with Crippen LogP contribution in [0.2, 0.25) is 0 Å². The van der Waals surface area contributed by atoms with Crippen LogP contribution in [-0.4, -0.2) is 32.9 Å². The highest BCUT2D eigenvalue weighted by molar-refractivity contribution is 5.99. The van der Waals surface area contributed by atoms with Gasteiger partial charge in [0.25, 0.3) is 5.91 Å². The summed E-state index contributed by atoms with van der Waals surface area (Å²) in [5.41, 5.74) is 4.61. The van der Waals surface area contributed by atoms with Gasteiger partial charge in [0.15, 0.2) is 5.69 Å². The minimum absolute atomic E-state index is 0.0949. The Morgan fingerprint density at radius 1 is 1.24 bits per heavy atom. The second-order valence-corrected chi connectivity index (χ2v) is 10.4. The van der Waals surface area contributed by atoms with Crippen molar-refractivity contribution >= 4 is 11.6 Å². The normalized spacial score (nSPS) is 24.5. The molecule has 2 aromatic rings. The van der Waals surface area contributed by atoms with E-state index in [0.717, 1.165) is 6.07 Å². The van der Waals surface area contributed by atoms with Crippen molar-refractivity contribution in [2.45, 2.75) is 83.5 Å². The standard InChI is InChI=1S/C24H30F4N4O2/c1-12-10-23(2,3)11-18-19(12)21(24(26,27)28)31-32(18)14-8-16(25)20(22(29)34)17(9-14)30-13-4-6-15(33)7-5-13/h8-9,12-13,15,30,33H,4-7,10-11H2,1-3H3,(H2,29,34)/t12?,13-,15-. The third-order valence-electron chi connectivity index (χ3n) is 6.91. The first kappa shape index (κ1) is 24.5. The lowest BCUT2D eigenvalue weighted by Gasteiger charge is -2.34. The lowest BCUT2D eigenvalue weighted by molar-refractivity contribution is -0.142. The number of anilines is 1. The maximum absolute atomic E-state index is 15.1. The van der Waals surface area contributed by atoms with Crippen molar-refractivity contribution in [2.75, 3.05) is 5.32 Å². The molecule has 6 nitrogen and oxygen atoms in total. The number of aliphatic hydroxyl groups excluding tert-OH is 1. The molecule has 34 heavy (non-hydrogen) atoms. The number of nitrogens with two attached hydrogens (primary N) is 1. The Hall–Kier alpha value is -2.62. The molecule has 1 heterocycles. The summed E-state index contributed by atoms with van der Waals surface area (Å²) in [4.78, 5) is 12.0. The van der Waals surface area contributed by atoms with Gasteiger partial charge in [-0.3, -0.25) is 4.79 Å². The number of amides is 1. The van der Waals surface area contributed by atoms with E-state index in [1.807, 2.05) is 13.8 Å². The molecule has 2 aliphatic carbocycles. The van der Waals surface area contributed by atoms with Crippen molar-refractivity contribution in [3.63, 3.8) is 0 Å². The number of carbonyl (C=O) groups is 1.